The standard InChI is InChI=1S/C16H33NO2/c1-4-6-8-10-12-17(13-11-9-7-5-2)14-15(3)16(18)19/h15H,4-14H2,1-3H3,(H,18,19). The first-order valence-electron chi connectivity index (χ1n) is 8.06. The van der Waals surface area contributed by atoms with E-state index in [4.69, 9.17) is 5.11 Å². The van der Waals surface area contributed by atoms with Gasteiger partial charge in [-0.05, 0) is 25.9 Å². The molecule has 0 radical (unpaired) electrons. The highest BCUT2D eigenvalue weighted by Gasteiger charge is 2.15. The molecule has 0 saturated carbocycles. The van der Waals surface area contributed by atoms with Gasteiger partial charge in [-0.2, -0.15) is 0 Å². The first-order valence-corrected chi connectivity index (χ1v) is 8.06. The molecular formula is C16H33NO2. The van der Waals surface area contributed by atoms with E-state index in [0.717, 1.165) is 13.1 Å². The quantitative estimate of drug-likeness (QED) is 0.511. The Hall–Kier alpha value is -0.570. The van der Waals surface area contributed by atoms with Crippen LogP contribution in [0.5, 0.6) is 0 Å². The Bertz CT molecular complexity index is 207. The minimum Gasteiger partial charge on any atom is -0.481 e. The van der Waals surface area contributed by atoms with E-state index in [2.05, 4.69) is 18.7 Å². The first kappa shape index (κ1) is 18.4. The molecule has 0 aliphatic heterocycles. The molecule has 0 bridgehead atoms. The lowest BCUT2D eigenvalue weighted by Crippen LogP contribution is -2.33. The van der Waals surface area contributed by atoms with Gasteiger partial charge in [0.25, 0.3) is 0 Å². The summed E-state index contributed by atoms with van der Waals surface area (Å²) in [5.41, 5.74) is 0. The van der Waals surface area contributed by atoms with Crippen molar-refractivity contribution in [3.63, 3.8) is 0 Å². The molecule has 1 unspecified atom stereocenters. The summed E-state index contributed by atoms with van der Waals surface area (Å²) in [7, 11) is 0. The lowest BCUT2D eigenvalue weighted by atomic mass is 10.1. The van der Waals surface area contributed by atoms with Crippen LogP contribution in [0.4, 0.5) is 0 Å². The van der Waals surface area contributed by atoms with Crippen molar-refractivity contribution in [2.24, 2.45) is 5.92 Å². The number of carboxylic acid groups (broad SMARTS) is 1. The topological polar surface area (TPSA) is 40.5 Å². The van der Waals surface area contributed by atoms with Crippen molar-refractivity contribution in [3.8, 4) is 0 Å². The molecule has 0 aromatic carbocycles. The molecule has 0 amide bonds. The van der Waals surface area contributed by atoms with Gasteiger partial charge in [0.2, 0.25) is 0 Å². The van der Waals surface area contributed by atoms with E-state index in [1.54, 1.807) is 0 Å². The summed E-state index contributed by atoms with van der Waals surface area (Å²) in [4.78, 5) is 13.3. The van der Waals surface area contributed by atoms with E-state index in [1.807, 2.05) is 6.92 Å². The summed E-state index contributed by atoms with van der Waals surface area (Å²) in [6, 6.07) is 0. The molecule has 114 valence electrons. The molecule has 0 aromatic heterocycles. The molecule has 1 atom stereocenters. The minimum absolute atomic E-state index is 0.252. The maximum Gasteiger partial charge on any atom is 0.307 e. The van der Waals surface area contributed by atoms with Crippen LogP contribution in [0.3, 0.4) is 0 Å². The smallest absolute Gasteiger partial charge is 0.307 e. The van der Waals surface area contributed by atoms with Crippen LogP contribution in [0, 0.1) is 5.92 Å². The van der Waals surface area contributed by atoms with Gasteiger partial charge in [-0.3, -0.25) is 4.79 Å². The van der Waals surface area contributed by atoms with Gasteiger partial charge in [-0.1, -0.05) is 59.3 Å². The van der Waals surface area contributed by atoms with E-state index in [9.17, 15) is 4.79 Å². The van der Waals surface area contributed by atoms with Crippen molar-refractivity contribution in [3.05, 3.63) is 0 Å². The molecule has 1 N–H and O–H groups in total. The number of aliphatic carboxylic acids is 1. The van der Waals surface area contributed by atoms with Gasteiger partial charge in [0.1, 0.15) is 0 Å². The average molecular weight is 271 g/mol. The number of unbranched alkanes of at least 4 members (excludes halogenated alkanes) is 6. The van der Waals surface area contributed by atoms with Gasteiger partial charge < -0.3 is 10.0 Å². The summed E-state index contributed by atoms with van der Waals surface area (Å²) >= 11 is 0. The predicted molar refractivity (Wildman–Crippen MR) is 81.5 cm³/mol. The van der Waals surface area contributed by atoms with Crippen LogP contribution in [-0.2, 0) is 4.79 Å². The summed E-state index contributed by atoms with van der Waals surface area (Å²) < 4.78 is 0. The maximum atomic E-state index is 11.0. The van der Waals surface area contributed by atoms with E-state index in [1.165, 1.54) is 51.4 Å². The van der Waals surface area contributed by atoms with E-state index >= 15 is 0 Å². The number of rotatable bonds is 13. The Morgan fingerprint density at radius 1 is 0.947 bits per heavy atom. The molecular weight excluding hydrogens is 238 g/mol. The molecule has 0 heterocycles. The van der Waals surface area contributed by atoms with Crippen LogP contribution in [0.15, 0.2) is 0 Å². The number of hydrogen-bond donors (Lipinski definition) is 1. The van der Waals surface area contributed by atoms with Crippen molar-refractivity contribution >= 4 is 5.97 Å². The second kappa shape index (κ2) is 12.5. The molecule has 0 aliphatic rings. The minimum atomic E-state index is -0.674. The van der Waals surface area contributed by atoms with E-state index in [0.29, 0.717) is 6.54 Å². The molecule has 0 aliphatic carbocycles. The number of carboxylic acids is 1. The Balaban J connectivity index is 3.95. The molecule has 3 nitrogen and oxygen atoms in total. The Morgan fingerprint density at radius 2 is 1.42 bits per heavy atom. The lowest BCUT2D eigenvalue weighted by Gasteiger charge is -2.24. The molecule has 0 fully saturated rings. The molecule has 0 rings (SSSR count). The highest BCUT2D eigenvalue weighted by molar-refractivity contribution is 5.69. The third-order valence-corrected chi connectivity index (χ3v) is 3.61. The SMILES string of the molecule is CCCCCCN(CCCCCC)CC(C)C(=O)O. The van der Waals surface area contributed by atoms with Crippen molar-refractivity contribution < 1.29 is 9.90 Å². The van der Waals surface area contributed by atoms with Crippen LogP contribution in [0.25, 0.3) is 0 Å². The van der Waals surface area contributed by atoms with E-state index < -0.39 is 5.97 Å². The third kappa shape index (κ3) is 11.0. The fourth-order valence-electron chi connectivity index (χ4n) is 2.28. The molecule has 0 saturated heterocycles. The van der Waals surface area contributed by atoms with Crippen molar-refractivity contribution in [2.75, 3.05) is 19.6 Å². The second-order valence-corrected chi connectivity index (χ2v) is 5.66. The van der Waals surface area contributed by atoms with Crippen LogP contribution in [0.2, 0.25) is 0 Å². The van der Waals surface area contributed by atoms with Crippen LogP contribution in [0.1, 0.15) is 72.1 Å². The first-order chi connectivity index (χ1) is 9.11. The van der Waals surface area contributed by atoms with Gasteiger partial charge in [0.05, 0.1) is 5.92 Å². The Kier molecular flexibility index (Phi) is 12.1. The Morgan fingerprint density at radius 3 is 1.79 bits per heavy atom. The second-order valence-electron chi connectivity index (χ2n) is 5.66. The third-order valence-electron chi connectivity index (χ3n) is 3.61. The van der Waals surface area contributed by atoms with E-state index in [-0.39, 0.29) is 5.92 Å². The highest BCUT2D eigenvalue weighted by Crippen LogP contribution is 2.08. The normalized spacial score (nSPS) is 12.8. The van der Waals surface area contributed by atoms with Crippen molar-refractivity contribution in [1.82, 2.24) is 4.90 Å². The fourth-order valence-corrected chi connectivity index (χ4v) is 2.28. The average Bonchev–Trinajstić information content (AvgIpc) is 2.38. The van der Waals surface area contributed by atoms with Crippen LogP contribution < -0.4 is 0 Å². The zero-order valence-corrected chi connectivity index (χ0v) is 13.2. The molecule has 3 heteroatoms. The van der Waals surface area contributed by atoms with Gasteiger partial charge in [-0.25, -0.2) is 0 Å². The summed E-state index contributed by atoms with van der Waals surface area (Å²) in [6.45, 7) is 9.07. The van der Waals surface area contributed by atoms with Crippen molar-refractivity contribution in [1.29, 1.82) is 0 Å². The van der Waals surface area contributed by atoms with Crippen molar-refractivity contribution in [2.45, 2.75) is 72.1 Å². The summed E-state index contributed by atoms with van der Waals surface area (Å²) in [5, 5.41) is 9.02. The predicted octanol–water partition coefficient (Wildman–Crippen LogP) is 4.17. The molecule has 0 spiro atoms. The molecule has 19 heavy (non-hydrogen) atoms. The monoisotopic (exact) mass is 271 g/mol. The fraction of sp³-hybridized carbons (Fsp3) is 0.938. The van der Waals surface area contributed by atoms with Gasteiger partial charge in [0, 0.05) is 6.54 Å². The molecule has 0 aromatic rings. The lowest BCUT2D eigenvalue weighted by molar-refractivity contribution is -0.141. The Labute approximate surface area is 119 Å². The number of carbonyl (C=O) groups is 1. The highest BCUT2D eigenvalue weighted by atomic mass is 16.4. The largest absolute Gasteiger partial charge is 0.481 e. The van der Waals surface area contributed by atoms with Crippen LogP contribution in [-0.4, -0.2) is 35.6 Å². The summed E-state index contributed by atoms with van der Waals surface area (Å²) in [5.74, 6) is -0.926. The maximum absolute atomic E-state index is 11.0. The van der Waals surface area contributed by atoms with Gasteiger partial charge >= 0.3 is 5.97 Å². The number of nitrogens with zero attached hydrogens (tertiary/aromatic N) is 1. The van der Waals surface area contributed by atoms with Crippen LogP contribution >= 0.6 is 0 Å². The van der Waals surface area contributed by atoms with Gasteiger partial charge in [-0.15, -0.1) is 0 Å². The summed E-state index contributed by atoms with van der Waals surface area (Å²) in [6.07, 6.45) is 10.0. The zero-order chi connectivity index (χ0) is 14.5. The zero-order valence-electron chi connectivity index (χ0n) is 13.2. The van der Waals surface area contributed by atoms with Gasteiger partial charge in [0.15, 0.2) is 0 Å². The number of hydrogen-bond acceptors (Lipinski definition) is 2.